The van der Waals surface area contributed by atoms with Crippen LogP contribution in [0.5, 0.6) is 0 Å². The van der Waals surface area contributed by atoms with Gasteiger partial charge in [0.1, 0.15) is 6.04 Å². The normalized spacial score (nSPS) is 13.6. The van der Waals surface area contributed by atoms with Crippen molar-refractivity contribution in [2.75, 3.05) is 0 Å². The molecule has 1 heterocycles. The highest BCUT2D eigenvalue weighted by molar-refractivity contribution is 9.11. The van der Waals surface area contributed by atoms with Gasteiger partial charge in [-0.25, -0.2) is 0 Å². The topological polar surface area (TPSA) is 26.0 Å². The maximum atomic E-state index is 12.1. The number of alkyl halides is 3. The highest BCUT2D eigenvalue weighted by Crippen LogP contribution is 2.37. The molecule has 0 amide bonds. The van der Waals surface area contributed by atoms with Crippen molar-refractivity contribution in [3.63, 3.8) is 0 Å². The van der Waals surface area contributed by atoms with Gasteiger partial charge in [-0.3, -0.25) is 0 Å². The maximum Gasteiger partial charge on any atom is 0.408 e. The van der Waals surface area contributed by atoms with E-state index in [1.165, 1.54) is 6.07 Å². The van der Waals surface area contributed by atoms with E-state index in [1.807, 2.05) is 0 Å². The molecule has 7 heteroatoms. The van der Waals surface area contributed by atoms with Crippen molar-refractivity contribution in [2.24, 2.45) is 5.73 Å². The van der Waals surface area contributed by atoms with Crippen LogP contribution in [0.15, 0.2) is 9.85 Å². The molecule has 1 atom stereocenters. The van der Waals surface area contributed by atoms with E-state index in [9.17, 15) is 13.2 Å². The largest absolute Gasteiger partial charge is 0.408 e. The summed E-state index contributed by atoms with van der Waals surface area (Å²) >= 11 is 4.17. The zero-order valence-electron chi connectivity index (χ0n) is 7.06. The molecular weight excluding hydrogens is 303 g/mol. The van der Waals surface area contributed by atoms with E-state index in [1.54, 1.807) is 6.92 Å². The lowest BCUT2D eigenvalue weighted by molar-refractivity contribution is -0.148. The van der Waals surface area contributed by atoms with Crippen LogP contribution in [0.4, 0.5) is 13.2 Å². The summed E-state index contributed by atoms with van der Waals surface area (Å²) in [4.78, 5) is 0.136. The molecule has 0 unspecified atom stereocenters. The molecule has 14 heavy (non-hydrogen) atoms. The molecule has 0 aliphatic carbocycles. The first-order chi connectivity index (χ1) is 5.82. The fourth-order valence-corrected chi connectivity index (χ4v) is 2.40. The molecule has 2 N–H and O–H groups in total. The average Bonchev–Trinajstić information content (AvgIpc) is 2.29. The number of thiophene rings is 1. The first-order valence-electron chi connectivity index (χ1n) is 3.40. The maximum absolute atomic E-state index is 12.1. The Hall–Kier alpha value is 0.220. The van der Waals surface area contributed by atoms with Gasteiger partial charge in [-0.15, -0.1) is 23.7 Å². The van der Waals surface area contributed by atoms with Crippen LogP contribution in [0.2, 0.25) is 0 Å². The fourth-order valence-electron chi connectivity index (χ4n) is 0.798. The van der Waals surface area contributed by atoms with Crippen molar-refractivity contribution in [1.82, 2.24) is 0 Å². The van der Waals surface area contributed by atoms with Gasteiger partial charge in [-0.05, 0) is 34.5 Å². The van der Waals surface area contributed by atoms with Gasteiger partial charge in [-0.1, -0.05) is 0 Å². The van der Waals surface area contributed by atoms with Crippen LogP contribution in [0.1, 0.15) is 16.5 Å². The van der Waals surface area contributed by atoms with Crippen LogP contribution in [0.3, 0.4) is 0 Å². The number of hydrogen-bond donors (Lipinski definition) is 1. The number of halogens is 5. The fraction of sp³-hybridized carbons (Fsp3) is 0.429. The highest BCUT2D eigenvalue weighted by Gasteiger charge is 2.38. The lowest BCUT2D eigenvalue weighted by Gasteiger charge is -2.12. The van der Waals surface area contributed by atoms with Crippen molar-refractivity contribution < 1.29 is 13.2 Å². The zero-order chi connectivity index (χ0) is 10.2. The van der Waals surface area contributed by atoms with Crippen LogP contribution < -0.4 is 5.73 Å². The lowest BCUT2D eigenvalue weighted by atomic mass is 10.2. The van der Waals surface area contributed by atoms with E-state index >= 15 is 0 Å². The van der Waals surface area contributed by atoms with Gasteiger partial charge in [0, 0.05) is 4.88 Å². The average molecular weight is 311 g/mol. The standard InChI is InChI=1S/C7H7BrF3NS.ClH/c1-3-2-4(13-6(3)8)5(12)7(9,10)11;/h2,5H,12H2,1H3;1H/t5-;/m1./s1. The van der Waals surface area contributed by atoms with Crippen molar-refractivity contribution in [3.8, 4) is 0 Å². The lowest BCUT2D eigenvalue weighted by Crippen LogP contribution is -2.27. The Bertz CT molecular complexity index is 293. The summed E-state index contributed by atoms with van der Waals surface area (Å²) in [6.07, 6.45) is -4.36. The van der Waals surface area contributed by atoms with Gasteiger partial charge in [0.05, 0.1) is 3.79 Å². The summed E-state index contributed by atoms with van der Waals surface area (Å²) in [5.41, 5.74) is 5.80. The summed E-state index contributed by atoms with van der Waals surface area (Å²) in [7, 11) is 0. The van der Waals surface area contributed by atoms with Crippen LogP contribution in [-0.2, 0) is 0 Å². The molecular formula is C7H8BrClF3NS. The first kappa shape index (κ1) is 14.2. The van der Waals surface area contributed by atoms with E-state index in [4.69, 9.17) is 5.73 Å². The minimum atomic E-state index is -4.36. The Morgan fingerprint density at radius 1 is 1.50 bits per heavy atom. The Kier molecular flexibility index (Phi) is 4.90. The summed E-state index contributed by atoms with van der Waals surface area (Å²) in [6, 6.07) is -0.421. The molecule has 0 saturated heterocycles. The van der Waals surface area contributed by atoms with Crippen LogP contribution >= 0.6 is 39.7 Å². The smallest absolute Gasteiger partial charge is 0.316 e. The Morgan fingerprint density at radius 2 is 2.00 bits per heavy atom. The van der Waals surface area contributed by atoms with Gasteiger partial charge in [0.25, 0.3) is 0 Å². The molecule has 0 aromatic carbocycles. The summed E-state index contributed by atoms with van der Waals surface area (Å²) in [5, 5.41) is 0. The second-order valence-corrected chi connectivity index (χ2v) is 5.03. The van der Waals surface area contributed by atoms with Crippen molar-refractivity contribution >= 4 is 39.7 Å². The molecule has 1 rings (SSSR count). The highest BCUT2D eigenvalue weighted by atomic mass is 79.9. The number of nitrogens with two attached hydrogens (primary N) is 1. The number of aryl methyl sites for hydroxylation is 1. The van der Waals surface area contributed by atoms with E-state index in [-0.39, 0.29) is 17.3 Å². The summed E-state index contributed by atoms with van der Waals surface area (Å²) in [5.74, 6) is 0. The molecule has 0 fully saturated rings. The van der Waals surface area contributed by atoms with E-state index in [0.29, 0.717) is 3.79 Å². The summed E-state index contributed by atoms with van der Waals surface area (Å²) < 4.78 is 37.1. The molecule has 0 aliphatic heterocycles. The second-order valence-electron chi connectivity index (χ2n) is 2.62. The third-order valence-electron chi connectivity index (χ3n) is 1.54. The van der Waals surface area contributed by atoms with Crippen molar-refractivity contribution in [1.29, 1.82) is 0 Å². The first-order valence-corrected chi connectivity index (χ1v) is 5.01. The molecule has 0 saturated carbocycles. The minimum Gasteiger partial charge on any atom is -0.316 e. The van der Waals surface area contributed by atoms with E-state index < -0.39 is 12.2 Å². The molecule has 0 radical (unpaired) electrons. The quantitative estimate of drug-likeness (QED) is 0.839. The van der Waals surface area contributed by atoms with Gasteiger partial charge < -0.3 is 5.73 Å². The monoisotopic (exact) mass is 309 g/mol. The second kappa shape index (κ2) is 4.83. The molecule has 0 spiro atoms. The Labute approximate surface area is 98.0 Å². The Morgan fingerprint density at radius 3 is 2.29 bits per heavy atom. The third-order valence-corrected chi connectivity index (χ3v) is 3.76. The van der Waals surface area contributed by atoms with Crippen molar-refractivity contribution in [3.05, 3.63) is 20.3 Å². The molecule has 1 aromatic rings. The molecule has 0 bridgehead atoms. The van der Waals surface area contributed by atoms with Gasteiger partial charge in [-0.2, -0.15) is 13.2 Å². The predicted molar refractivity (Wildman–Crippen MR) is 57.0 cm³/mol. The SMILES string of the molecule is Cc1cc([C@@H](N)C(F)(F)F)sc1Br.Cl. The van der Waals surface area contributed by atoms with Crippen LogP contribution in [-0.4, -0.2) is 6.18 Å². The molecule has 0 aliphatic rings. The van der Waals surface area contributed by atoms with Crippen LogP contribution in [0, 0.1) is 6.92 Å². The van der Waals surface area contributed by atoms with E-state index in [2.05, 4.69) is 15.9 Å². The van der Waals surface area contributed by atoms with Crippen molar-refractivity contribution in [2.45, 2.75) is 19.1 Å². The van der Waals surface area contributed by atoms with Gasteiger partial charge in [0.15, 0.2) is 0 Å². The molecule has 1 aromatic heterocycles. The zero-order valence-corrected chi connectivity index (χ0v) is 10.3. The minimum absolute atomic E-state index is 0. The molecule has 82 valence electrons. The van der Waals surface area contributed by atoms with E-state index in [0.717, 1.165) is 16.9 Å². The Balaban J connectivity index is 0.00000169. The van der Waals surface area contributed by atoms with Crippen LogP contribution in [0.25, 0.3) is 0 Å². The summed E-state index contributed by atoms with van der Waals surface area (Å²) in [6.45, 7) is 1.73. The number of rotatable bonds is 1. The third kappa shape index (κ3) is 3.12. The van der Waals surface area contributed by atoms with Gasteiger partial charge >= 0.3 is 6.18 Å². The number of hydrogen-bond acceptors (Lipinski definition) is 2. The predicted octanol–water partition coefficient (Wildman–Crippen LogP) is 3.80. The van der Waals surface area contributed by atoms with Gasteiger partial charge in [0.2, 0.25) is 0 Å². The molecule has 1 nitrogen and oxygen atoms in total.